The molecule has 0 saturated carbocycles. The summed E-state index contributed by atoms with van der Waals surface area (Å²) in [7, 11) is 0. The fourth-order valence-corrected chi connectivity index (χ4v) is 7.68. The summed E-state index contributed by atoms with van der Waals surface area (Å²) in [6, 6.07) is 23.3. The molecule has 0 aliphatic heterocycles. The van der Waals surface area contributed by atoms with Gasteiger partial charge >= 0.3 is 0 Å². The van der Waals surface area contributed by atoms with Crippen molar-refractivity contribution in [3.63, 3.8) is 0 Å². The number of halogens is 20. The number of hydrogen-bond acceptors (Lipinski definition) is 3. The Bertz CT molecular complexity index is 3000. The van der Waals surface area contributed by atoms with Crippen LogP contribution in [0.4, 0.5) is 87.8 Å². The van der Waals surface area contributed by atoms with Crippen molar-refractivity contribution in [2.24, 2.45) is 0 Å². The number of fused-ring (bicyclic) bond motifs is 1. The molecule has 0 saturated heterocycles. The van der Waals surface area contributed by atoms with Crippen molar-refractivity contribution >= 4 is 33.8 Å². The molecule has 366 valence electrons. The van der Waals surface area contributed by atoms with Crippen LogP contribution in [-0.4, -0.2) is 16.9 Å². The molecule has 0 bridgehead atoms. The van der Waals surface area contributed by atoms with Crippen LogP contribution in [0, 0.1) is 116 Å². The average molecular weight is 1020 g/mol. The van der Waals surface area contributed by atoms with Crippen molar-refractivity contribution in [1.29, 1.82) is 0 Å². The van der Waals surface area contributed by atoms with E-state index in [1.54, 1.807) is 23.2 Å². The van der Waals surface area contributed by atoms with E-state index in [4.69, 9.17) is 4.74 Å². The van der Waals surface area contributed by atoms with Gasteiger partial charge in [-0.25, -0.2) is 92.8 Å². The normalized spacial score (nSPS) is 11.5. The highest BCUT2D eigenvalue weighted by Crippen LogP contribution is 2.33. The molecule has 4 nitrogen and oxygen atoms in total. The van der Waals surface area contributed by atoms with Gasteiger partial charge in [0.2, 0.25) is 18.5 Å². The molecule has 5 aromatic carbocycles. The fraction of sp³-hybridized carbons (Fsp3) is 0.0217. The van der Waals surface area contributed by atoms with Crippen LogP contribution in [0.2, 0.25) is 0 Å². The van der Waals surface area contributed by atoms with Gasteiger partial charge in [-0.2, -0.15) is 4.57 Å². The summed E-state index contributed by atoms with van der Waals surface area (Å²) in [5.41, 5.74) is -11.4. The first-order chi connectivity index (χ1) is 33.5. The number of ether oxygens (including phenoxy) is 1. The van der Waals surface area contributed by atoms with E-state index < -0.39 is 144 Å². The number of carbonyl (C=O) groups excluding carboxylic acids is 1. The number of benzene rings is 5. The van der Waals surface area contributed by atoms with Crippen molar-refractivity contribution < 1.29 is 102 Å². The van der Waals surface area contributed by atoms with E-state index in [-0.39, 0.29) is 12.3 Å². The van der Waals surface area contributed by atoms with Gasteiger partial charge in [0, 0.05) is 5.56 Å². The lowest BCUT2D eigenvalue weighted by Crippen LogP contribution is -2.81. The zero-order valence-corrected chi connectivity index (χ0v) is 34.2. The summed E-state index contributed by atoms with van der Waals surface area (Å²) < 4.78 is 302. The highest BCUT2D eigenvalue weighted by Gasteiger charge is 2.52. The van der Waals surface area contributed by atoms with Crippen LogP contribution in [-0.2, 0) is 6.54 Å². The first-order valence-corrected chi connectivity index (χ1v) is 19.3. The Morgan fingerprint density at radius 2 is 0.718 bits per heavy atom. The molecular weight excluding hydrogens is 1000 g/mol. The summed E-state index contributed by atoms with van der Waals surface area (Å²) in [5, 5.41) is 0. The maximum Gasteiger partial charge on any atom is 0.285 e. The summed E-state index contributed by atoms with van der Waals surface area (Å²) in [6.07, 6.45) is -2.09. The molecule has 71 heavy (non-hydrogen) atoms. The zero-order valence-electron chi connectivity index (χ0n) is 34.2. The second kappa shape index (κ2) is 19.4. The molecule has 0 N–H and O–H groups in total. The Labute approximate surface area is 382 Å². The summed E-state index contributed by atoms with van der Waals surface area (Å²) in [5.74, 6) is -70.2. The lowest BCUT2D eigenvalue weighted by Gasteiger charge is -2.44. The Hall–Kier alpha value is -7.99. The minimum Gasteiger partial charge on any atom is -0.434 e. The van der Waals surface area contributed by atoms with Gasteiger partial charge in [0.05, 0.1) is 6.20 Å². The van der Waals surface area contributed by atoms with Gasteiger partial charge in [-0.3, -0.25) is 4.79 Å². The molecule has 1 heterocycles. The van der Waals surface area contributed by atoms with Gasteiger partial charge in [0.15, 0.2) is 76.0 Å². The Balaban J connectivity index is 0.000000240. The van der Waals surface area contributed by atoms with Crippen LogP contribution >= 0.6 is 0 Å². The Morgan fingerprint density at radius 1 is 0.423 bits per heavy atom. The lowest BCUT2D eigenvalue weighted by molar-refractivity contribution is -0.683. The standard InChI is InChI=1S/C24BF20.C22H17N2O2/c26-5-1(6(27)14(35)21(42)13(5)34)25(2-7(28)15(36)22(43)16(37)8(2)29,3-9(30)17(38)23(44)18(39)10(3)31)4-11(32)19(40)24(45)20(41)12(4)33;25-21(17-7-3-1-4-8-17)15-24-12-11-23-22(16-24)26-20-13-18-9-5-2-6-10-19(18)14-20/h;1-14,16H,15H2/q-1;+1. The highest BCUT2D eigenvalue weighted by atomic mass is 19.2. The fourth-order valence-electron chi connectivity index (χ4n) is 7.68. The Morgan fingerprint density at radius 3 is 1.04 bits per heavy atom. The topological polar surface area (TPSA) is 43.1 Å². The number of rotatable bonds is 9. The number of hydrogen-bond donors (Lipinski definition) is 0. The summed E-state index contributed by atoms with van der Waals surface area (Å²) >= 11 is 0. The molecule has 0 amide bonds. The third-order valence-corrected chi connectivity index (χ3v) is 10.8. The molecule has 0 atom stereocenters. The van der Waals surface area contributed by atoms with Crippen LogP contribution in [0.25, 0.3) is 11.1 Å². The predicted octanol–water partition coefficient (Wildman–Crippen LogP) is 10.00. The molecule has 0 radical (unpaired) electrons. The van der Waals surface area contributed by atoms with Crippen LogP contribution < -0.4 is 31.2 Å². The zero-order chi connectivity index (χ0) is 52.1. The smallest absolute Gasteiger partial charge is 0.285 e. The molecule has 2 aliphatic carbocycles. The van der Waals surface area contributed by atoms with Crippen molar-refractivity contribution in [2.45, 2.75) is 6.54 Å². The SMILES string of the molecule is Fc1c(F)c(F)c([B-](c2c(F)c(F)c(F)c(F)c2F)(c2c(F)c(F)c(F)c(F)c2F)c2c(F)c(F)c(F)c(F)c2F)c(F)c1F.O=C(C[n+]1ccnc(Oc2cc3cccccc-3c2)c1)c1ccccc1. The summed E-state index contributed by atoms with van der Waals surface area (Å²) in [4.78, 5) is 16.6. The van der Waals surface area contributed by atoms with Crippen molar-refractivity contribution in [3.8, 4) is 22.8 Å². The largest absolute Gasteiger partial charge is 0.434 e. The van der Waals surface area contributed by atoms with Gasteiger partial charge in [0.25, 0.3) is 5.88 Å². The van der Waals surface area contributed by atoms with Gasteiger partial charge in [0.1, 0.15) is 58.4 Å². The third-order valence-electron chi connectivity index (χ3n) is 10.8. The predicted molar refractivity (Wildman–Crippen MR) is 208 cm³/mol. The van der Waals surface area contributed by atoms with Gasteiger partial charge in [-0.1, -0.05) is 60.7 Å². The van der Waals surface area contributed by atoms with E-state index >= 15 is 35.1 Å². The second-order valence-electron chi connectivity index (χ2n) is 14.8. The van der Waals surface area contributed by atoms with E-state index in [0.717, 1.165) is 16.9 Å². The molecule has 8 rings (SSSR count). The van der Waals surface area contributed by atoms with E-state index in [1.165, 1.54) is 0 Å². The van der Waals surface area contributed by atoms with E-state index in [1.807, 2.05) is 72.8 Å². The van der Waals surface area contributed by atoms with E-state index in [9.17, 15) is 57.5 Å². The van der Waals surface area contributed by atoms with Crippen LogP contribution in [0.15, 0.2) is 91.4 Å². The van der Waals surface area contributed by atoms with Gasteiger partial charge in [-0.15, -0.1) is 21.9 Å². The number of nitrogens with zero attached hydrogens (tertiary/aromatic N) is 2. The molecule has 25 heteroatoms. The maximum atomic E-state index is 15.4. The summed E-state index contributed by atoms with van der Waals surface area (Å²) in [6.45, 7) is 0.238. The first kappa shape index (κ1) is 50.9. The van der Waals surface area contributed by atoms with Crippen molar-refractivity contribution in [1.82, 2.24) is 4.98 Å². The molecule has 0 fully saturated rings. The molecule has 2 aliphatic rings. The molecule has 6 aromatic rings. The number of Topliss-reactive ketones (excluding diaryl/α,β-unsaturated/α-hetero) is 1. The van der Waals surface area contributed by atoms with Gasteiger partial charge < -0.3 is 4.74 Å². The first-order valence-electron chi connectivity index (χ1n) is 19.3. The highest BCUT2D eigenvalue weighted by molar-refractivity contribution is 7.20. The van der Waals surface area contributed by atoms with E-state index in [2.05, 4.69) is 4.98 Å². The monoisotopic (exact) mass is 1020 g/mol. The molecule has 1 aromatic heterocycles. The quantitative estimate of drug-likeness (QED) is 0.0362. The lowest BCUT2D eigenvalue weighted by atomic mass is 9.12. The third kappa shape index (κ3) is 8.51. The van der Waals surface area contributed by atoms with Crippen LogP contribution in [0.3, 0.4) is 0 Å². The van der Waals surface area contributed by atoms with Crippen molar-refractivity contribution in [2.75, 3.05) is 0 Å². The number of carbonyl (C=O) groups is 1. The van der Waals surface area contributed by atoms with Crippen LogP contribution in [0.5, 0.6) is 11.6 Å². The number of aromatic nitrogens is 2. The minimum atomic E-state index is -7.22. The average Bonchev–Trinajstić information content (AvgIpc) is 3.60. The van der Waals surface area contributed by atoms with E-state index in [0.29, 0.717) is 11.4 Å². The molecule has 0 unspecified atom stereocenters. The Kier molecular flexibility index (Phi) is 13.9. The molecule has 0 spiro atoms. The van der Waals surface area contributed by atoms with Gasteiger partial charge in [-0.05, 0) is 23.3 Å². The minimum absolute atomic E-state index is 0.0410. The maximum absolute atomic E-state index is 15.4. The second-order valence-corrected chi connectivity index (χ2v) is 14.8. The van der Waals surface area contributed by atoms with Crippen molar-refractivity contribution in [3.05, 3.63) is 213 Å². The number of ketones is 1. The molecular formula is C46H17BF20N2O2. The van der Waals surface area contributed by atoms with Crippen LogP contribution in [0.1, 0.15) is 10.4 Å².